The van der Waals surface area contributed by atoms with Gasteiger partial charge in [0.1, 0.15) is 5.82 Å². The summed E-state index contributed by atoms with van der Waals surface area (Å²) in [5, 5.41) is 8.11. The van der Waals surface area contributed by atoms with Gasteiger partial charge in [0.2, 0.25) is 0 Å². The van der Waals surface area contributed by atoms with E-state index in [1.165, 1.54) is 31.5 Å². The molecule has 0 amide bonds. The molecule has 0 unspecified atom stereocenters. The minimum Gasteiger partial charge on any atom is -0.317 e. The van der Waals surface area contributed by atoms with E-state index in [1.807, 2.05) is 4.68 Å². The Morgan fingerprint density at radius 2 is 2.00 bits per heavy atom. The van der Waals surface area contributed by atoms with E-state index in [0.717, 1.165) is 25.3 Å². The first-order valence-corrected chi connectivity index (χ1v) is 7.68. The van der Waals surface area contributed by atoms with Crippen LogP contribution in [0.15, 0.2) is 0 Å². The number of nitrogens with one attached hydrogen (secondary N) is 1. The van der Waals surface area contributed by atoms with E-state index < -0.39 is 0 Å². The third-order valence-corrected chi connectivity index (χ3v) is 4.16. The molecule has 19 heavy (non-hydrogen) atoms. The quantitative estimate of drug-likeness (QED) is 0.888. The number of piperidine rings is 1. The van der Waals surface area contributed by atoms with Gasteiger partial charge < -0.3 is 5.32 Å². The molecule has 0 spiro atoms. The molecular weight excluding hydrogens is 236 g/mol. The SMILES string of the molecule is CCCC1(c2nc(CC(C)C)nn2C)CCNCC1. The van der Waals surface area contributed by atoms with E-state index in [0.29, 0.717) is 5.92 Å². The second-order valence-corrected chi connectivity index (χ2v) is 6.35. The van der Waals surface area contributed by atoms with Crippen LogP contribution in [0, 0.1) is 5.92 Å². The van der Waals surface area contributed by atoms with Gasteiger partial charge in [-0.3, -0.25) is 4.68 Å². The van der Waals surface area contributed by atoms with E-state index >= 15 is 0 Å². The lowest BCUT2D eigenvalue weighted by Crippen LogP contribution is -2.41. The summed E-state index contributed by atoms with van der Waals surface area (Å²) >= 11 is 0. The van der Waals surface area contributed by atoms with E-state index in [9.17, 15) is 0 Å². The Balaban J connectivity index is 2.28. The summed E-state index contributed by atoms with van der Waals surface area (Å²) in [5.74, 6) is 2.85. The minimum absolute atomic E-state index is 0.247. The summed E-state index contributed by atoms with van der Waals surface area (Å²) < 4.78 is 2.04. The molecule has 1 fully saturated rings. The molecule has 0 aromatic carbocycles. The van der Waals surface area contributed by atoms with Crippen molar-refractivity contribution in [3.8, 4) is 0 Å². The highest BCUT2D eigenvalue weighted by Crippen LogP contribution is 2.36. The predicted octanol–water partition coefficient (Wildman–Crippen LogP) is 2.43. The average Bonchev–Trinajstić information content (AvgIpc) is 2.71. The van der Waals surface area contributed by atoms with Crippen molar-refractivity contribution in [1.29, 1.82) is 0 Å². The van der Waals surface area contributed by atoms with E-state index in [2.05, 4.69) is 38.2 Å². The lowest BCUT2D eigenvalue weighted by Gasteiger charge is -2.36. The van der Waals surface area contributed by atoms with Crippen molar-refractivity contribution in [2.75, 3.05) is 13.1 Å². The first-order valence-electron chi connectivity index (χ1n) is 7.68. The zero-order valence-corrected chi connectivity index (χ0v) is 12.9. The Labute approximate surface area is 117 Å². The maximum Gasteiger partial charge on any atom is 0.151 e. The van der Waals surface area contributed by atoms with Crippen molar-refractivity contribution in [3.05, 3.63) is 11.6 Å². The van der Waals surface area contributed by atoms with E-state index in [-0.39, 0.29) is 5.41 Å². The first kappa shape index (κ1) is 14.5. The monoisotopic (exact) mass is 264 g/mol. The number of rotatable bonds is 5. The van der Waals surface area contributed by atoms with Gasteiger partial charge in [-0.2, -0.15) is 5.10 Å². The van der Waals surface area contributed by atoms with Gasteiger partial charge in [-0.1, -0.05) is 27.2 Å². The van der Waals surface area contributed by atoms with Gasteiger partial charge in [0.05, 0.1) is 0 Å². The van der Waals surface area contributed by atoms with Crippen molar-refractivity contribution in [3.63, 3.8) is 0 Å². The molecule has 1 N–H and O–H groups in total. The third kappa shape index (κ3) is 3.16. The van der Waals surface area contributed by atoms with Crippen LogP contribution in [0.25, 0.3) is 0 Å². The summed E-state index contributed by atoms with van der Waals surface area (Å²) in [7, 11) is 2.06. The van der Waals surface area contributed by atoms with Crippen LogP contribution in [0.4, 0.5) is 0 Å². The molecule has 0 bridgehead atoms. The van der Waals surface area contributed by atoms with Crippen LogP contribution in [-0.2, 0) is 18.9 Å². The zero-order valence-electron chi connectivity index (χ0n) is 12.9. The molecule has 2 rings (SSSR count). The van der Waals surface area contributed by atoms with Gasteiger partial charge in [0.15, 0.2) is 5.82 Å². The van der Waals surface area contributed by atoms with Crippen molar-refractivity contribution < 1.29 is 0 Å². The molecule has 108 valence electrons. The fraction of sp³-hybridized carbons (Fsp3) is 0.867. The lowest BCUT2D eigenvalue weighted by atomic mass is 9.74. The summed E-state index contributed by atoms with van der Waals surface area (Å²) in [6.07, 6.45) is 5.80. The van der Waals surface area contributed by atoms with Crippen LogP contribution in [0.2, 0.25) is 0 Å². The maximum absolute atomic E-state index is 4.89. The molecule has 0 radical (unpaired) electrons. The predicted molar refractivity (Wildman–Crippen MR) is 78.2 cm³/mol. The van der Waals surface area contributed by atoms with Gasteiger partial charge >= 0.3 is 0 Å². The molecular formula is C15H28N4. The minimum atomic E-state index is 0.247. The first-order chi connectivity index (χ1) is 9.07. The van der Waals surface area contributed by atoms with Crippen LogP contribution < -0.4 is 5.32 Å². The summed E-state index contributed by atoms with van der Waals surface area (Å²) in [6.45, 7) is 8.93. The number of aromatic nitrogens is 3. The van der Waals surface area contributed by atoms with E-state index in [1.54, 1.807) is 0 Å². The van der Waals surface area contributed by atoms with Gasteiger partial charge in [-0.25, -0.2) is 4.98 Å². The molecule has 0 saturated carbocycles. The number of nitrogens with zero attached hydrogens (tertiary/aromatic N) is 3. The second-order valence-electron chi connectivity index (χ2n) is 6.35. The fourth-order valence-corrected chi connectivity index (χ4v) is 3.32. The average molecular weight is 264 g/mol. The van der Waals surface area contributed by atoms with Crippen LogP contribution in [0.1, 0.15) is 58.1 Å². The Kier molecular flexibility index (Phi) is 4.61. The summed E-state index contributed by atoms with van der Waals surface area (Å²) in [6, 6.07) is 0. The molecule has 1 aromatic heterocycles. The molecule has 4 nitrogen and oxygen atoms in total. The highest BCUT2D eigenvalue weighted by molar-refractivity contribution is 5.12. The van der Waals surface area contributed by atoms with Gasteiger partial charge in [-0.05, 0) is 38.3 Å². The molecule has 2 heterocycles. The van der Waals surface area contributed by atoms with Crippen LogP contribution in [0.5, 0.6) is 0 Å². The zero-order chi connectivity index (χ0) is 13.9. The Morgan fingerprint density at radius 1 is 1.32 bits per heavy atom. The van der Waals surface area contributed by atoms with Gasteiger partial charge in [0, 0.05) is 18.9 Å². The van der Waals surface area contributed by atoms with Crippen molar-refractivity contribution in [2.45, 2.75) is 58.3 Å². The van der Waals surface area contributed by atoms with Crippen LogP contribution in [0.3, 0.4) is 0 Å². The summed E-state index contributed by atoms with van der Waals surface area (Å²) in [5.41, 5.74) is 0.247. The highest BCUT2D eigenvalue weighted by Gasteiger charge is 2.37. The Bertz CT molecular complexity index is 397. The topological polar surface area (TPSA) is 42.7 Å². The molecule has 4 heteroatoms. The van der Waals surface area contributed by atoms with Gasteiger partial charge in [-0.15, -0.1) is 0 Å². The van der Waals surface area contributed by atoms with Crippen LogP contribution in [-0.4, -0.2) is 27.9 Å². The van der Waals surface area contributed by atoms with Crippen molar-refractivity contribution in [2.24, 2.45) is 13.0 Å². The number of hydrogen-bond donors (Lipinski definition) is 1. The lowest BCUT2D eigenvalue weighted by molar-refractivity contribution is 0.262. The largest absolute Gasteiger partial charge is 0.317 e. The smallest absolute Gasteiger partial charge is 0.151 e. The molecule has 0 atom stereocenters. The molecule has 1 saturated heterocycles. The second kappa shape index (κ2) is 6.04. The Hall–Kier alpha value is -0.900. The highest BCUT2D eigenvalue weighted by atomic mass is 15.3. The number of aryl methyl sites for hydroxylation is 1. The Morgan fingerprint density at radius 3 is 2.58 bits per heavy atom. The maximum atomic E-state index is 4.89. The molecule has 0 aliphatic carbocycles. The fourth-order valence-electron chi connectivity index (χ4n) is 3.32. The molecule has 1 aliphatic rings. The van der Waals surface area contributed by atoms with Gasteiger partial charge in [0.25, 0.3) is 0 Å². The standard InChI is InChI=1S/C15H28N4/c1-5-6-15(7-9-16-10-8-15)14-17-13(11-12(2)3)18-19(14)4/h12,16H,5-11H2,1-4H3. The molecule has 1 aliphatic heterocycles. The van der Waals surface area contributed by atoms with Crippen molar-refractivity contribution in [1.82, 2.24) is 20.1 Å². The van der Waals surface area contributed by atoms with Crippen LogP contribution >= 0.6 is 0 Å². The normalized spacial score (nSPS) is 19.0. The number of hydrogen-bond acceptors (Lipinski definition) is 3. The summed E-state index contributed by atoms with van der Waals surface area (Å²) in [4.78, 5) is 4.89. The van der Waals surface area contributed by atoms with E-state index in [4.69, 9.17) is 4.98 Å². The van der Waals surface area contributed by atoms with Crippen molar-refractivity contribution >= 4 is 0 Å². The molecule has 1 aromatic rings. The third-order valence-electron chi connectivity index (χ3n) is 4.16.